The number of guanidine groups is 1. The second-order valence-electron chi connectivity index (χ2n) is 6.37. The third-order valence-electron chi connectivity index (χ3n) is 4.02. The van der Waals surface area contributed by atoms with Gasteiger partial charge in [0, 0.05) is 24.4 Å². The number of aliphatic imine (C=N–C) groups is 1. The first-order valence-corrected chi connectivity index (χ1v) is 11.1. The molecule has 2 rings (SSSR count). The highest BCUT2D eigenvalue weighted by Gasteiger charge is 2.10. The standard InChI is InChI=1S/C20H26ClN3O2S.HI/c1-4-22-20(23-12-11-16-5-8-18(21)9-6-16)24-14-17-7-10-19(15(2)13-17)27(3,25)26;/h5-10,13H,4,11-12,14H2,1-3H3,(H2,22,23,24);1H. The minimum absolute atomic E-state index is 0. The van der Waals surface area contributed by atoms with Gasteiger partial charge < -0.3 is 10.6 Å². The molecule has 0 aliphatic rings. The van der Waals surface area contributed by atoms with Crippen LogP contribution in [0.25, 0.3) is 0 Å². The Balaban J connectivity index is 0.00000392. The average molecular weight is 536 g/mol. The number of aryl methyl sites for hydroxylation is 1. The van der Waals surface area contributed by atoms with Crippen LogP contribution in [0, 0.1) is 6.92 Å². The Morgan fingerprint density at radius 1 is 1.07 bits per heavy atom. The summed E-state index contributed by atoms with van der Waals surface area (Å²) >= 11 is 5.90. The molecule has 0 saturated heterocycles. The van der Waals surface area contributed by atoms with Crippen molar-refractivity contribution in [1.82, 2.24) is 10.6 Å². The van der Waals surface area contributed by atoms with E-state index in [-0.39, 0.29) is 24.0 Å². The fourth-order valence-electron chi connectivity index (χ4n) is 2.71. The van der Waals surface area contributed by atoms with Gasteiger partial charge in [-0.25, -0.2) is 13.4 Å². The molecule has 0 atom stereocenters. The summed E-state index contributed by atoms with van der Waals surface area (Å²) in [6.07, 6.45) is 2.09. The summed E-state index contributed by atoms with van der Waals surface area (Å²) in [5, 5.41) is 7.27. The molecular weight excluding hydrogens is 509 g/mol. The number of halogens is 2. The molecule has 0 aliphatic carbocycles. The van der Waals surface area contributed by atoms with E-state index >= 15 is 0 Å². The van der Waals surface area contributed by atoms with Crippen molar-refractivity contribution in [1.29, 1.82) is 0 Å². The van der Waals surface area contributed by atoms with Crippen LogP contribution in [-0.4, -0.2) is 33.7 Å². The molecule has 154 valence electrons. The van der Waals surface area contributed by atoms with Crippen LogP contribution in [0.3, 0.4) is 0 Å². The average Bonchev–Trinajstić information content (AvgIpc) is 2.60. The number of nitrogens with zero attached hydrogens (tertiary/aromatic N) is 1. The molecule has 0 saturated carbocycles. The van der Waals surface area contributed by atoms with Gasteiger partial charge in [0.1, 0.15) is 0 Å². The number of rotatable bonds is 7. The van der Waals surface area contributed by atoms with Gasteiger partial charge >= 0.3 is 0 Å². The van der Waals surface area contributed by atoms with Gasteiger partial charge in [-0.3, -0.25) is 0 Å². The summed E-state index contributed by atoms with van der Waals surface area (Å²) in [6, 6.07) is 13.1. The highest BCUT2D eigenvalue weighted by atomic mass is 127. The van der Waals surface area contributed by atoms with Gasteiger partial charge in [0.25, 0.3) is 0 Å². The van der Waals surface area contributed by atoms with Crippen molar-refractivity contribution < 1.29 is 8.42 Å². The van der Waals surface area contributed by atoms with E-state index in [1.165, 1.54) is 11.8 Å². The third kappa shape index (κ3) is 7.97. The van der Waals surface area contributed by atoms with Crippen LogP contribution in [0.1, 0.15) is 23.6 Å². The largest absolute Gasteiger partial charge is 0.357 e. The smallest absolute Gasteiger partial charge is 0.191 e. The number of nitrogens with one attached hydrogen (secondary N) is 2. The van der Waals surface area contributed by atoms with Gasteiger partial charge in [0.2, 0.25) is 0 Å². The van der Waals surface area contributed by atoms with E-state index in [0.29, 0.717) is 11.4 Å². The monoisotopic (exact) mass is 535 g/mol. The van der Waals surface area contributed by atoms with Crippen molar-refractivity contribution >= 4 is 51.4 Å². The van der Waals surface area contributed by atoms with E-state index in [2.05, 4.69) is 15.6 Å². The van der Waals surface area contributed by atoms with E-state index in [1.54, 1.807) is 13.0 Å². The molecule has 2 N–H and O–H groups in total. The van der Waals surface area contributed by atoms with Crippen molar-refractivity contribution in [3.05, 3.63) is 64.2 Å². The van der Waals surface area contributed by atoms with E-state index in [1.807, 2.05) is 43.3 Å². The normalized spacial score (nSPS) is 11.6. The Bertz CT molecular complexity index is 900. The quantitative estimate of drug-likeness (QED) is 0.320. The van der Waals surface area contributed by atoms with E-state index in [4.69, 9.17) is 11.6 Å². The number of hydrogen-bond donors (Lipinski definition) is 2. The molecule has 0 bridgehead atoms. The Morgan fingerprint density at radius 2 is 1.71 bits per heavy atom. The summed E-state index contributed by atoms with van der Waals surface area (Å²) in [7, 11) is -3.20. The Kier molecular flexibility index (Phi) is 10.3. The first-order valence-electron chi connectivity index (χ1n) is 8.86. The van der Waals surface area contributed by atoms with Gasteiger partial charge in [-0.15, -0.1) is 24.0 Å². The molecular formula is C20H27ClIN3O2S. The van der Waals surface area contributed by atoms with Crippen LogP contribution in [-0.2, 0) is 22.8 Å². The molecule has 0 spiro atoms. The highest BCUT2D eigenvalue weighted by molar-refractivity contribution is 14.0. The van der Waals surface area contributed by atoms with Crippen LogP contribution in [0.4, 0.5) is 0 Å². The first-order chi connectivity index (χ1) is 12.8. The lowest BCUT2D eigenvalue weighted by atomic mass is 10.1. The SMILES string of the molecule is CCNC(=NCc1ccc(S(C)(=O)=O)c(C)c1)NCCc1ccc(Cl)cc1.I. The Labute approximate surface area is 189 Å². The lowest BCUT2D eigenvalue weighted by Gasteiger charge is -2.12. The summed E-state index contributed by atoms with van der Waals surface area (Å²) in [4.78, 5) is 4.95. The van der Waals surface area contributed by atoms with Crippen molar-refractivity contribution in [2.75, 3.05) is 19.3 Å². The lowest BCUT2D eigenvalue weighted by molar-refractivity contribution is 0.601. The molecule has 0 unspecified atom stereocenters. The van der Waals surface area contributed by atoms with Crippen LogP contribution < -0.4 is 10.6 Å². The zero-order valence-electron chi connectivity index (χ0n) is 16.3. The van der Waals surface area contributed by atoms with Crippen LogP contribution in [0.15, 0.2) is 52.4 Å². The van der Waals surface area contributed by atoms with Gasteiger partial charge in [-0.1, -0.05) is 35.9 Å². The van der Waals surface area contributed by atoms with Crippen molar-refractivity contribution in [2.24, 2.45) is 4.99 Å². The molecule has 0 radical (unpaired) electrons. The Morgan fingerprint density at radius 3 is 2.29 bits per heavy atom. The summed E-state index contributed by atoms with van der Waals surface area (Å²) in [5.74, 6) is 0.733. The summed E-state index contributed by atoms with van der Waals surface area (Å²) < 4.78 is 23.4. The van der Waals surface area contributed by atoms with Gasteiger partial charge in [0.15, 0.2) is 15.8 Å². The fourth-order valence-corrected chi connectivity index (χ4v) is 3.80. The summed E-state index contributed by atoms with van der Waals surface area (Å²) in [6.45, 7) is 5.81. The van der Waals surface area contributed by atoms with E-state index < -0.39 is 9.84 Å². The first kappa shape index (κ1) is 24.7. The molecule has 2 aromatic carbocycles. The van der Waals surface area contributed by atoms with Crippen LogP contribution in [0.5, 0.6) is 0 Å². The van der Waals surface area contributed by atoms with Gasteiger partial charge in [0.05, 0.1) is 11.4 Å². The molecule has 28 heavy (non-hydrogen) atoms. The predicted octanol–water partition coefficient (Wildman–Crippen LogP) is 3.97. The molecule has 0 heterocycles. The second-order valence-corrected chi connectivity index (χ2v) is 8.79. The van der Waals surface area contributed by atoms with Gasteiger partial charge in [-0.05, 0) is 55.2 Å². The number of benzene rings is 2. The maximum atomic E-state index is 11.7. The van der Waals surface area contributed by atoms with E-state index in [9.17, 15) is 8.42 Å². The van der Waals surface area contributed by atoms with E-state index in [0.717, 1.165) is 41.6 Å². The van der Waals surface area contributed by atoms with Crippen LogP contribution >= 0.6 is 35.6 Å². The highest BCUT2D eigenvalue weighted by Crippen LogP contribution is 2.17. The molecule has 0 aliphatic heterocycles. The molecule has 2 aromatic rings. The third-order valence-corrected chi connectivity index (χ3v) is 5.53. The number of sulfone groups is 1. The minimum Gasteiger partial charge on any atom is -0.357 e. The molecule has 0 aromatic heterocycles. The molecule has 8 heteroatoms. The zero-order valence-corrected chi connectivity index (χ0v) is 20.2. The minimum atomic E-state index is -3.20. The van der Waals surface area contributed by atoms with Crippen molar-refractivity contribution in [2.45, 2.75) is 31.7 Å². The zero-order chi connectivity index (χ0) is 19.9. The van der Waals surface area contributed by atoms with Crippen molar-refractivity contribution in [3.8, 4) is 0 Å². The van der Waals surface area contributed by atoms with Crippen LogP contribution in [0.2, 0.25) is 5.02 Å². The second kappa shape index (κ2) is 11.6. The number of hydrogen-bond acceptors (Lipinski definition) is 3. The predicted molar refractivity (Wildman–Crippen MR) is 128 cm³/mol. The molecule has 0 fully saturated rings. The molecule has 5 nitrogen and oxygen atoms in total. The molecule has 0 amide bonds. The fraction of sp³-hybridized carbons (Fsp3) is 0.350. The lowest BCUT2D eigenvalue weighted by Crippen LogP contribution is -2.38. The maximum Gasteiger partial charge on any atom is 0.191 e. The van der Waals surface area contributed by atoms with Crippen molar-refractivity contribution in [3.63, 3.8) is 0 Å². The topological polar surface area (TPSA) is 70.6 Å². The maximum absolute atomic E-state index is 11.7. The Hall–Kier alpha value is -1.32. The van der Waals surface area contributed by atoms with Gasteiger partial charge in [-0.2, -0.15) is 0 Å². The summed E-state index contributed by atoms with van der Waals surface area (Å²) in [5.41, 5.74) is 2.91.